The Bertz CT molecular complexity index is 1500. The molecule has 4 aromatic carbocycles. The van der Waals surface area contributed by atoms with Gasteiger partial charge in [-0.05, 0) is 79.3 Å². The molecular formula is C34H31ClN2O. The fraction of sp³-hybridized carbons (Fsp3) is 0.206. The zero-order chi connectivity index (χ0) is 26.1. The summed E-state index contributed by atoms with van der Waals surface area (Å²) in [4.78, 5) is 4.75. The first-order chi connectivity index (χ1) is 18.5. The summed E-state index contributed by atoms with van der Waals surface area (Å²) in [5.74, 6) is 1.77. The van der Waals surface area contributed by atoms with Crippen LogP contribution < -0.4 is 10.1 Å². The van der Waals surface area contributed by atoms with Gasteiger partial charge in [0.2, 0.25) is 0 Å². The average molecular weight is 519 g/mol. The summed E-state index contributed by atoms with van der Waals surface area (Å²) in [6.45, 7) is 4.71. The molecule has 0 fully saturated rings. The van der Waals surface area contributed by atoms with E-state index in [1.165, 1.54) is 27.9 Å². The predicted molar refractivity (Wildman–Crippen MR) is 158 cm³/mol. The van der Waals surface area contributed by atoms with E-state index in [4.69, 9.17) is 21.3 Å². The van der Waals surface area contributed by atoms with Gasteiger partial charge < -0.3 is 10.1 Å². The minimum atomic E-state index is 0.279. The van der Waals surface area contributed by atoms with Gasteiger partial charge in [-0.2, -0.15) is 0 Å². The fourth-order valence-corrected chi connectivity index (χ4v) is 6.03. The highest BCUT2D eigenvalue weighted by Gasteiger charge is 2.37. The molecule has 0 amide bonds. The number of rotatable bonds is 6. The number of fused-ring (bicyclic) bond motifs is 3. The van der Waals surface area contributed by atoms with Crippen molar-refractivity contribution in [1.82, 2.24) is 0 Å². The van der Waals surface area contributed by atoms with Gasteiger partial charge in [0.1, 0.15) is 12.4 Å². The lowest BCUT2D eigenvalue weighted by Gasteiger charge is -2.37. The largest absolute Gasteiger partial charge is 0.488 e. The molecule has 0 saturated carbocycles. The Morgan fingerprint density at radius 1 is 0.947 bits per heavy atom. The number of aryl methyl sites for hydroxylation is 2. The SMILES string of the molecule is Cc1cc(C)cc(COc2ccc(Cl)cc2C=Nc2ccc([C@@H]3Nc4ccccc4[C@H]4C=CC[C@H]43)cc2)c1. The topological polar surface area (TPSA) is 33.6 Å². The summed E-state index contributed by atoms with van der Waals surface area (Å²) in [6.07, 6.45) is 7.64. The van der Waals surface area contributed by atoms with Crippen LogP contribution >= 0.6 is 11.6 Å². The monoisotopic (exact) mass is 518 g/mol. The first-order valence-electron chi connectivity index (χ1n) is 13.2. The van der Waals surface area contributed by atoms with E-state index >= 15 is 0 Å². The third kappa shape index (κ3) is 5.12. The van der Waals surface area contributed by atoms with Crippen LogP contribution in [0, 0.1) is 19.8 Å². The van der Waals surface area contributed by atoms with E-state index in [0.717, 1.165) is 29.0 Å². The molecule has 0 bridgehead atoms. The molecule has 4 heteroatoms. The van der Waals surface area contributed by atoms with Crippen molar-refractivity contribution in [3.63, 3.8) is 0 Å². The van der Waals surface area contributed by atoms with Crippen molar-refractivity contribution >= 4 is 29.2 Å². The normalized spacial score (nSPS) is 19.7. The highest BCUT2D eigenvalue weighted by Crippen LogP contribution is 2.49. The Balaban J connectivity index is 1.19. The molecule has 2 aliphatic rings. The van der Waals surface area contributed by atoms with E-state index in [0.29, 0.717) is 23.5 Å². The number of hydrogen-bond donors (Lipinski definition) is 1. The molecule has 38 heavy (non-hydrogen) atoms. The Morgan fingerprint density at radius 2 is 1.74 bits per heavy atom. The van der Waals surface area contributed by atoms with E-state index in [9.17, 15) is 0 Å². The van der Waals surface area contributed by atoms with Gasteiger partial charge in [0.25, 0.3) is 0 Å². The van der Waals surface area contributed by atoms with Crippen LogP contribution in [-0.2, 0) is 6.61 Å². The van der Waals surface area contributed by atoms with E-state index in [1.807, 2.05) is 24.4 Å². The van der Waals surface area contributed by atoms with Gasteiger partial charge in [0.05, 0.1) is 11.7 Å². The maximum Gasteiger partial charge on any atom is 0.128 e. The van der Waals surface area contributed by atoms with Crippen LogP contribution in [0.15, 0.2) is 102 Å². The number of ether oxygens (including phenoxy) is 1. The lowest BCUT2D eigenvalue weighted by Crippen LogP contribution is -2.28. The molecule has 0 spiro atoms. The van der Waals surface area contributed by atoms with Crippen LogP contribution in [0.5, 0.6) is 5.75 Å². The van der Waals surface area contributed by atoms with Crippen molar-refractivity contribution in [3.05, 3.63) is 135 Å². The molecule has 0 radical (unpaired) electrons. The number of anilines is 1. The molecule has 0 aromatic heterocycles. The Morgan fingerprint density at radius 3 is 2.55 bits per heavy atom. The van der Waals surface area contributed by atoms with Crippen LogP contribution in [0.1, 0.15) is 51.8 Å². The van der Waals surface area contributed by atoms with E-state index in [2.05, 4.69) is 98.0 Å². The lowest BCUT2D eigenvalue weighted by atomic mass is 9.77. The van der Waals surface area contributed by atoms with Gasteiger partial charge in [-0.25, -0.2) is 0 Å². The molecule has 1 aliphatic heterocycles. The van der Waals surface area contributed by atoms with Crippen molar-refractivity contribution in [3.8, 4) is 5.75 Å². The van der Waals surface area contributed by atoms with Crippen molar-refractivity contribution in [1.29, 1.82) is 0 Å². The minimum Gasteiger partial charge on any atom is -0.488 e. The molecule has 1 N–H and O–H groups in total. The third-order valence-electron chi connectivity index (χ3n) is 7.52. The first kappa shape index (κ1) is 24.5. The zero-order valence-electron chi connectivity index (χ0n) is 21.7. The van der Waals surface area contributed by atoms with Crippen LogP contribution in [0.4, 0.5) is 11.4 Å². The minimum absolute atomic E-state index is 0.279. The van der Waals surface area contributed by atoms with Crippen molar-refractivity contribution < 1.29 is 4.74 Å². The lowest BCUT2D eigenvalue weighted by molar-refractivity contribution is 0.305. The third-order valence-corrected chi connectivity index (χ3v) is 7.76. The van der Waals surface area contributed by atoms with E-state index < -0.39 is 0 Å². The molecule has 3 nitrogen and oxygen atoms in total. The summed E-state index contributed by atoms with van der Waals surface area (Å²) < 4.78 is 6.18. The second kappa shape index (κ2) is 10.5. The number of hydrogen-bond acceptors (Lipinski definition) is 3. The van der Waals surface area contributed by atoms with Gasteiger partial charge in [-0.1, -0.05) is 83.4 Å². The highest BCUT2D eigenvalue weighted by molar-refractivity contribution is 6.30. The smallest absolute Gasteiger partial charge is 0.128 e. The number of benzene rings is 4. The molecule has 0 unspecified atom stereocenters. The van der Waals surface area contributed by atoms with Crippen LogP contribution in [0.25, 0.3) is 0 Å². The van der Waals surface area contributed by atoms with E-state index in [1.54, 1.807) is 0 Å². The number of allylic oxidation sites excluding steroid dienone is 2. The molecule has 0 saturated heterocycles. The summed E-state index contributed by atoms with van der Waals surface area (Å²) >= 11 is 6.31. The molecule has 190 valence electrons. The maximum absolute atomic E-state index is 6.31. The molecule has 3 atom stereocenters. The van der Waals surface area contributed by atoms with Crippen molar-refractivity contribution in [2.75, 3.05) is 5.32 Å². The van der Waals surface area contributed by atoms with Crippen LogP contribution in [0.3, 0.4) is 0 Å². The van der Waals surface area contributed by atoms with Crippen LogP contribution in [0.2, 0.25) is 5.02 Å². The maximum atomic E-state index is 6.31. The molecule has 6 rings (SSSR count). The summed E-state index contributed by atoms with van der Waals surface area (Å²) in [5, 5.41) is 4.46. The standard InChI is InChI=1S/C34H31ClN2O/c1-22-16-23(2)18-24(17-22)21-38-33-15-12-27(35)19-26(33)20-36-28-13-10-25(11-14-28)34-31-8-5-7-29(31)30-6-3-4-9-32(30)37-34/h3-7,9-20,29,31,34,37H,8,21H2,1-2H3/t29-,31-,34+/m1/s1. The highest BCUT2D eigenvalue weighted by atomic mass is 35.5. The Hall–Kier alpha value is -3.82. The first-order valence-corrected chi connectivity index (χ1v) is 13.6. The van der Waals surface area contributed by atoms with Gasteiger partial charge >= 0.3 is 0 Å². The predicted octanol–water partition coefficient (Wildman–Crippen LogP) is 9.11. The number of halogens is 1. The second-order valence-electron chi connectivity index (χ2n) is 10.4. The van der Waals surface area contributed by atoms with Gasteiger partial charge in [0, 0.05) is 28.4 Å². The molecule has 1 aliphatic carbocycles. The summed E-state index contributed by atoms with van der Waals surface area (Å²) in [5.41, 5.74) is 9.30. The quantitative estimate of drug-likeness (QED) is 0.204. The number of nitrogens with zero attached hydrogens (tertiary/aromatic N) is 1. The number of aliphatic imine (C=N–C) groups is 1. The van der Waals surface area contributed by atoms with Crippen molar-refractivity contribution in [2.45, 2.75) is 38.8 Å². The van der Waals surface area contributed by atoms with Crippen molar-refractivity contribution in [2.24, 2.45) is 10.9 Å². The van der Waals surface area contributed by atoms with Gasteiger partial charge in [-0.3, -0.25) is 4.99 Å². The number of para-hydroxylation sites is 1. The Kier molecular flexibility index (Phi) is 6.78. The summed E-state index contributed by atoms with van der Waals surface area (Å²) in [7, 11) is 0. The molecule has 4 aromatic rings. The van der Waals surface area contributed by atoms with E-state index in [-0.39, 0.29) is 6.04 Å². The van der Waals surface area contributed by atoms with Gasteiger partial charge in [0.15, 0.2) is 0 Å². The zero-order valence-corrected chi connectivity index (χ0v) is 22.5. The van der Waals surface area contributed by atoms with Gasteiger partial charge in [-0.15, -0.1) is 0 Å². The van der Waals surface area contributed by atoms with Crippen LogP contribution in [-0.4, -0.2) is 6.21 Å². The fourth-order valence-electron chi connectivity index (χ4n) is 5.85. The second-order valence-corrected chi connectivity index (χ2v) is 10.8. The summed E-state index contributed by atoms with van der Waals surface area (Å²) in [6, 6.07) is 29.7. The Labute approximate surface area is 229 Å². The molecule has 1 heterocycles. The number of nitrogens with one attached hydrogen (secondary N) is 1. The molecular weight excluding hydrogens is 488 g/mol. The average Bonchev–Trinajstić information content (AvgIpc) is 3.41.